The van der Waals surface area contributed by atoms with E-state index in [-0.39, 0.29) is 0 Å². The quantitative estimate of drug-likeness (QED) is 0.666. The van der Waals surface area contributed by atoms with Gasteiger partial charge in [-0.05, 0) is 67.5 Å². The highest BCUT2D eigenvalue weighted by molar-refractivity contribution is 5.84. The standard InChI is InChI=1S/C22H24N2/c1-17-14-22(24-12-6-3-7-13-24)23-21-11-10-19(16-20(17)21)15-18-8-4-2-5-9-18/h2,4-5,8-11,14,16H,3,6-7,12-13,15H2,1H3. The summed E-state index contributed by atoms with van der Waals surface area (Å²) in [6, 6.07) is 19.6. The highest BCUT2D eigenvalue weighted by Gasteiger charge is 2.14. The number of hydrogen-bond donors (Lipinski definition) is 0. The fourth-order valence-electron chi connectivity index (χ4n) is 3.65. The molecular formula is C22H24N2. The molecule has 122 valence electrons. The molecule has 0 radical (unpaired) electrons. The number of anilines is 1. The summed E-state index contributed by atoms with van der Waals surface area (Å²) in [7, 11) is 0. The summed E-state index contributed by atoms with van der Waals surface area (Å²) in [4.78, 5) is 7.37. The van der Waals surface area contributed by atoms with Gasteiger partial charge in [0.2, 0.25) is 0 Å². The molecule has 4 rings (SSSR count). The van der Waals surface area contributed by atoms with Crippen LogP contribution in [0.2, 0.25) is 0 Å². The van der Waals surface area contributed by atoms with Crippen LogP contribution >= 0.6 is 0 Å². The summed E-state index contributed by atoms with van der Waals surface area (Å²) in [5.74, 6) is 1.15. The number of benzene rings is 2. The minimum absolute atomic E-state index is 0.976. The van der Waals surface area contributed by atoms with Gasteiger partial charge < -0.3 is 4.90 Å². The Labute approximate surface area is 144 Å². The number of rotatable bonds is 3. The zero-order chi connectivity index (χ0) is 16.4. The smallest absolute Gasteiger partial charge is 0.129 e. The molecule has 0 unspecified atom stereocenters. The van der Waals surface area contributed by atoms with Gasteiger partial charge in [0.05, 0.1) is 5.52 Å². The maximum absolute atomic E-state index is 4.93. The first-order chi connectivity index (χ1) is 11.8. The van der Waals surface area contributed by atoms with Crippen LogP contribution in [-0.2, 0) is 6.42 Å². The molecule has 2 heteroatoms. The van der Waals surface area contributed by atoms with E-state index in [0.717, 1.165) is 30.8 Å². The Morgan fingerprint density at radius 1 is 0.875 bits per heavy atom. The number of fused-ring (bicyclic) bond motifs is 1. The van der Waals surface area contributed by atoms with Crippen LogP contribution in [0.15, 0.2) is 54.6 Å². The van der Waals surface area contributed by atoms with Gasteiger partial charge in [0.1, 0.15) is 5.82 Å². The third-order valence-electron chi connectivity index (χ3n) is 5.00. The molecule has 2 aromatic carbocycles. The lowest BCUT2D eigenvalue weighted by molar-refractivity contribution is 0.574. The van der Waals surface area contributed by atoms with Crippen molar-refractivity contribution in [1.29, 1.82) is 0 Å². The summed E-state index contributed by atoms with van der Waals surface area (Å²) >= 11 is 0. The lowest BCUT2D eigenvalue weighted by Gasteiger charge is -2.28. The largest absolute Gasteiger partial charge is 0.357 e. The molecule has 1 aliphatic rings. The van der Waals surface area contributed by atoms with Crippen molar-refractivity contribution in [3.8, 4) is 0 Å². The first-order valence-corrected chi connectivity index (χ1v) is 8.99. The molecule has 0 bridgehead atoms. The molecule has 0 amide bonds. The van der Waals surface area contributed by atoms with Gasteiger partial charge in [-0.15, -0.1) is 0 Å². The van der Waals surface area contributed by atoms with Crippen molar-refractivity contribution < 1.29 is 0 Å². The van der Waals surface area contributed by atoms with Crippen molar-refractivity contribution >= 4 is 16.7 Å². The second-order valence-corrected chi connectivity index (χ2v) is 6.86. The molecule has 0 spiro atoms. The highest BCUT2D eigenvalue weighted by atomic mass is 15.2. The van der Waals surface area contributed by atoms with Crippen LogP contribution in [0.25, 0.3) is 10.9 Å². The predicted octanol–water partition coefficient (Wildman–Crippen LogP) is 5.12. The molecule has 1 fully saturated rings. The van der Waals surface area contributed by atoms with E-state index < -0.39 is 0 Å². The molecule has 1 aromatic heterocycles. The van der Waals surface area contributed by atoms with Crippen LogP contribution in [0.4, 0.5) is 5.82 Å². The molecule has 0 aliphatic carbocycles. The molecule has 24 heavy (non-hydrogen) atoms. The fraction of sp³-hybridized carbons (Fsp3) is 0.318. The molecular weight excluding hydrogens is 292 g/mol. The number of aryl methyl sites for hydroxylation is 1. The maximum atomic E-state index is 4.93. The molecule has 0 N–H and O–H groups in total. The summed E-state index contributed by atoms with van der Waals surface area (Å²) in [6.07, 6.45) is 4.90. The zero-order valence-corrected chi connectivity index (χ0v) is 14.3. The van der Waals surface area contributed by atoms with Gasteiger partial charge >= 0.3 is 0 Å². The molecule has 1 aliphatic heterocycles. The minimum Gasteiger partial charge on any atom is -0.357 e. The van der Waals surface area contributed by atoms with E-state index in [0.29, 0.717) is 0 Å². The molecule has 3 aromatic rings. The topological polar surface area (TPSA) is 16.1 Å². The lowest BCUT2D eigenvalue weighted by Crippen LogP contribution is -2.30. The van der Waals surface area contributed by atoms with Crippen LogP contribution in [0.1, 0.15) is 36.0 Å². The first kappa shape index (κ1) is 15.2. The third kappa shape index (κ3) is 3.14. The van der Waals surface area contributed by atoms with Crippen molar-refractivity contribution in [2.24, 2.45) is 0 Å². The molecule has 0 saturated carbocycles. The zero-order valence-electron chi connectivity index (χ0n) is 14.3. The van der Waals surface area contributed by atoms with Crippen molar-refractivity contribution in [2.45, 2.75) is 32.6 Å². The third-order valence-corrected chi connectivity index (χ3v) is 5.00. The van der Waals surface area contributed by atoms with Crippen LogP contribution in [-0.4, -0.2) is 18.1 Å². The Morgan fingerprint density at radius 2 is 1.67 bits per heavy atom. The van der Waals surface area contributed by atoms with Gasteiger partial charge in [-0.1, -0.05) is 36.4 Å². The van der Waals surface area contributed by atoms with Crippen molar-refractivity contribution in [3.63, 3.8) is 0 Å². The summed E-state index contributed by atoms with van der Waals surface area (Å²) < 4.78 is 0. The number of hydrogen-bond acceptors (Lipinski definition) is 2. The second-order valence-electron chi connectivity index (χ2n) is 6.86. The van der Waals surface area contributed by atoms with E-state index in [4.69, 9.17) is 4.98 Å². The number of aromatic nitrogens is 1. The lowest BCUT2D eigenvalue weighted by atomic mass is 10.0. The van der Waals surface area contributed by atoms with Gasteiger partial charge in [-0.3, -0.25) is 0 Å². The van der Waals surface area contributed by atoms with Crippen molar-refractivity contribution in [2.75, 3.05) is 18.0 Å². The van der Waals surface area contributed by atoms with E-state index in [2.05, 4.69) is 66.4 Å². The van der Waals surface area contributed by atoms with E-state index >= 15 is 0 Å². The van der Waals surface area contributed by atoms with Gasteiger partial charge in [0.15, 0.2) is 0 Å². The highest BCUT2D eigenvalue weighted by Crippen LogP contribution is 2.26. The first-order valence-electron chi connectivity index (χ1n) is 8.99. The van der Waals surface area contributed by atoms with Crippen LogP contribution in [0.3, 0.4) is 0 Å². The predicted molar refractivity (Wildman–Crippen MR) is 102 cm³/mol. The van der Waals surface area contributed by atoms with Gasteiger partial charge in [0, 0.05) is 18.5 Å². The number of nitrogens with zero attached hydrogens (tertiary/aromatic N) is 2. The van der Waals surface area contributed by atoms with Crippen molar-refractivity contribution in [1.82, 2.24) is 4.98 Å². The Bertz CT molecular complexity index is 833. The molecule has 1 saturated heterocycles. The molecule has 0 atom stereocenters. The average Bonchev–Trinajstić information content (AvgIpc) is 2.64. The maximum Gasteiger partial charge on any atom is 0.129 e. The fourth-order valence-corrected chi connectivity index (χ4v) is 3.65. The Balaban J connectivity index is 1.66. The summed E-state index contributed by atoms with van der Waals surface area (Å²) in [6.45, 7) is 4.50. The van der Waals surface area contributed by atoms with E-state index in [1.807, 2.05) is 0 Å². The number of pyridine rings is 1. The average molecular weight is 316 g/mol. The van der Waals surface area contributed by atoms with E-state index in [1.54, 1.807) is 0 Å². The summed E-state index contributed by atoms with van der Waals surface area (Å²) in [5, 5.41) is 1.28. The summed E-state index contributed by atoms with van der Waals surface area (Å²) in [5.41, 5.74) is 5.15. The van der Waals surface area contributed by atoms with E-state index in [1.165, 1.54) is 41.3 Å². The second kappa shape index (κ2) is 6.64. The van der Waals surface area contributed by atoms with Crippen LogP contribution in [0, 0.1) is 6.92 Å². The normalized spacial score (nSPS) is 15.0. The number of piperidine rings is 1. The Kier molecular flexibility index (Phi) is 4.20. The van der Waals surface area contributed by atoms with Crippen LogP contribution < -0.4 is 4.90 Å². The van der Waals surface area contributed by atoms with Gasteiger partial charge in [0.25, 0.3) is 0 Å². The van der Waals surface area contributed by atoms with Crippen molar-refractivity contribution in [3.05, 3.63) is 71.3 Å². The monoisotopic (exact) mass is 316 g/mol. The molecule has 2 heterocycles. The SMILES string of the molecule is Cc1cc(N2CCCCC2)nc2ccc(Cc3ccccc3)cc12. The van der Waals surface area contributed by atoms with Crippen LogP contribution in [0.5, 0.6) is 0 Å². The minimum atomic E-state index is 0.976. The van der Waals surface area contributed by atoms with Gasteiger partial charge in [-0.2, -0.15) is 0 Å². The Morgan fingerprint density at radius 3 is 2.46 bits per heavy atom. The van der Waals surface area contributed by atoms with Gasteiger partial charge in [-0.25, -0.2) is 4.98 Å². The Hall–Kier alpha value is -2.35. The molecule has 2 nitrogen and oxygen atoms in total. The van der Waals surface area contributed by atoms with E-state index in [9.17, 15) is 0 Å².